The van der Waals surface area contributed by atoms with E-state index in [1.807, 2.05) is 37.3 Å². The lowest BCUT2D eigenvalue weighted by Gasteiger charge is -2.30. The first kappa shape index (κ1) is 23.4. The Bertz CT molecular complexity index is 1220. The fourth-order valence-corrected chi connectivity index (χ4v) is 4.27. The van der Waals surface area contributed by atoms with Gasteiger partial charge in [0.25, 0.3) is 5.91 Å². The van der Waals surface area contributed by atoms with Gasteiger partial charge in [0.1, 0.15) is 18.4 Å². The molecule has 0 unspecified atom stereocenters. The second kappa shape index (κ2) is 10.0. The summed E-state index contributed by atoms with van der Waals surface area (Å²) in [5.74, 6) is -1.23. The molecule has 176 valence electrons. The molecule has 3 amide bonds. The topological polar surface area (TPSA) is 69.7 Å². The Morgan fingerprint density at radius 1 is 1.06 bits per heavy atom. The number of benzene rings is 3. The van der Waals surface area contributed by atoms with E-state index in [4.69, 9.17) is 0 Å². The Hall–Kier alpha value is -3.74. The molecular weight excluding hydrogens is 433 g/mol. The molecule has 4 rings (SSSR count). The van der Waals surface area contributed by atoms with Gasteiger partial charge in [0.15, 0.2) is 0 Å². The largest absolute Gasteiger partial charge is 0.354 e. The molecule has 0 saturated carbocycles. The van der Waals surface area contributed by atoms with Crippen LogP contribution in [-0.2, 0) is 16.1 Å². The summed E-state index contributed by atoms with van der Waals surface area (Å²) in [5, 5.41) is 4.64. The Kier molecular flexibility index (Phi) is 6.91. The Labute approximate surface area is 198 Å². The van der Waals surface area contributed by atoms with Crippen LogP contribution in [0.2, 0.25) is 0 Å². The molecule has 0 aromatic heterocycles. The normalized spacial score (nSPS) is 13.3. The number of hydrogen-bond donors (Lipinski definition) is 1. The maximum absolute atomic E-state index is 13.5. The summed E-state index contributed by atoms with van der Waals surface area (Å²) in [5.41, 5.74) is 1.95. The lowest BCUT2D eigenvalue weighted by atomic mass is 10.1. The van der Waals surface area contributed by atoms with Gasteiger partial charge in [0, 0.05) is 24.0 Å². The van der Waals surface area contributed by atoms with Gasteiger partial charge >= 0.3 is 0 Å². The maximum Gasteiger partial charge on any atom is 0.259 e. The first-order valence-corrected chi connectivity index (χ1v) is 11.6. The number of rotatable bonds is 9. The van der Waals surface area contributed by atoms with E-state index in [1.165, 1.54) is 21.9 Å². The lowest BCUT2D eigenvalue weighted by molar-refractivity contribution is -0.139. The highest BCUT2D eigenvalue weighted by molar-refractivity contribution is 6.26. The standard InChI is InChI=1S/C27H28FN3O3/c1-3-4-15-29-26(33)18(2)30(16-19-11-13-21(28)14-12-19)24(32)17-31-23-10-6-8-20-7-5-9-22(25(20)23)27(31)34/h5-14,18H,3-4,15-17H2,1-2H3,(H,29,33)/t18-/m1/s1. The summed E-state index contributed by atoms with van der Waals surface area (Å²) in [6.07, 6.45) is 1.78. The molecule has 0 radical (unpaired) electrons. The molecule has 7 heteroatoms. The number of unbranched alkanes of at least 4 members (excludes halogenated alkanes) is 1. The average Bonchev–Trinajstić information content (AvgIpc) is 3.11. The number of halogens is 1. The van der Waals surface area contributed by atoms with Gasteiger partial charge in [-0.2, -0.15) is 0 Å². The lowest BCUT2D eigenvalue weighted by Crippen LogP contribution is -2.51. The summed E-state index contributed by atoms with van der Waals surface area (Å²) >= 11 is 0. The highest BCUT2D eigenvalue weighted by atomic mass is 19.1. The van der Waals surface area contributed by atoms with Crippen LogP contribution in [0.15, 0.2) is 60.7 Å². The van der Waals surface area contributed by atoms with E-state index in [0.717, 1.165) is 23.6 Å². The van der Waals surface area contributed by atoms with E-state index < -0.39 is 6.04 Å². The average molecular weight is 462 g/mol. The minimum Gasteiger partial charge on any atom is -0.354 e. The zero-order chi connectivity index (χ0) is 24.2. The van der Waals surface area contributed by atoms with Gasteiger partial charge in [-0.05, 0) is 48.6 Å². The van der Waals surface area contributed by atoms with Gasteiger partial charge < -0.3 is 10.2 Å². The minimum atomic E-state index is -0.759. The van der Waals surface area contributed by atoms with Gasteiger partial charge in [0.2, 0.25) is 11.8 Å². The monoisotopic (exact) mass is 461 g/mol. The van der Waals surface area contributed by atoms with Gasteiger partial charge in [-0.25, -0.2) is 4.39 Å². The Morgan fingerprint density at radius 3 is 2.47 bits per heavy atom. The van der Waals surface area contributed by atoms with Crippen molar-refractivity contribution in [3.8, 4) is 0 Å². The van der Waals surface area contributed by atoms with Crippen molar-refractivity contribution >= 4 is 34.2 Å². The van der Waals surface area contributed by atoms with Crippen LogP contribution < -0.4 is 10.2 Å². The van der Waals surface area contributed by atoms with Gasteiger partial charge in [0.05, 0.1) is 5.69 Å². The molecule has 3 aromatic rings. The van der Waals surface area contributed by atoms with E-state index in [2.05, 4.69) is 5.32 Å². The van der Waals surface area contributed by atoms with Crippen LogP contribution in [0.4, 0.5) is 10.1 Å². The fraction of sp³-hybridized carbons (Fsp3) is 0.296. The SMILES string of the molecule is CCCCNC(=O)[C@@H](C)N(Cc1ccc(F)cc1)C(=O)CN1C(=O)c2cccc3cccc1c23. The van der Waals surface area contributed by atoms with Crippen molar-refractivity contribution in [3.63, 3.8) is 0 Å². The predicted octanol–water partition coefficient (Wildman–Crippen LogP) is 4.27. The van der Waals surface area contributed by atoms with Crippen LogP contribution in [0.3, 0.4) is 0 Å². The van der Waals surface area contributed by atoms with E-state index in [9.17, 15) is 18.8 Å². The number of nitrogens with zero attached hydrogens (tertiary/aromatic N) is 2. The molecule has 0 aliphatic carbocycles. The van der Waals surface area contributed by atoms with Gasteiger partial charge in [-0.15, -0.1) is 0 Å². The molecule has 1 aliphatic heterocycles. The minimum absolute atomic E-state index is 0.126. The molecular formula is C27H28FN3O3. The molecule has 0 saturated heterocycles. The van der Waals surface area contributed by atoms with Gasteiger partial charge in [-0.3, -0.25) is 19.3 Å². The Balaban J connectivity index is 1.59. The van der Waals surface area contributed by atoms with Crippen molar-refractivity contribution < 1.29 is 18.8 Å². The number of hydrogen-bond acceptors (Lipinski definition) is 3. The van der Waals surface area contributed by atoms with Crippen molar-refractivity contribution in [1.29, 1.82) is 0 Å². The Morgan fingerprint density at radius 2 is 1.76 bits per heavy atom. The molecule has 0 spiro atoms. The molecule has 0 bridgehead atoms. The zero-order valence-corrected chi connectivity index (χ0v) is 19.4. The fourth-order valence-electron chi connectivity index (χ4n) is 4.27. The van der Waals surface area contributed by atoms with Crippen LogP contribution in [0.25, 0.3) is 10.8 Å². The highest BCUT2D eigenvalue weighted by Crippen LogP contribution is 2.37. The van der Waals surface area contributed by atoms with Gasteiger partial charge in [-0.1, -0.05) is 49.7 Å². The van der Waals surface area contributed by atoms with Crippen molar-refractivity contribution in [2.45, 2.75) is 39.3 Å². The second-order valence-electron chi connectivity index (χ2n) is 8.54. The van der Waals surface area contributed by atoms with E-state index in [1.54, 1.807) is 25.1 Å². The van der Waals surface area contributed by atoms with E-state index in [0.29, 0.717) is 23.4 Å². The maximum atomic E-state index is 13.5. The van der Waals surface area contributed by atoms with Crippen LogP contribution in [0, 0.1) is 5.82 Å². The third-order valence-corrected chi connectivity index (χ3v) is 6.21. The third-order valence-electron chi connectivity index (χ3n) is 6.21. The molecule has 1 heterocycles. The van der Waals surface area contributed by atoms with Crippen molar-refractivity contribution in [2.24, 2.45) is 0 Å². The van der Waals surface area contributed by atoms with Crippen molar-refractivity contribution in [2.75, 3.05) is 18.0 Å². The van der Waals surface area contributed by atoms with Crippen LogP contribution >= 0.6 is 0 Å². The number of amides is 3. The van der Waals surface area contributed by atoms with Crippen LogP contribution in [-0.4, -0.2) is 41.8 Å². The van der Waals surface area contributed by atoms with Crippen LogP contribution in [0.5, 0.6) is 0 Å². The second-order valence-corrected chi connectivity index (χ2v) is 8.54. The highest BCUT2D eigenvalue weighted by Gasteiger charge is 2.34. The first-order valence-electron chi connectivity index (χ1n) is 11.6. The molecule has 1 atom stereocenters. The molecule has 1 N–H and O–H groups in total. The summed E-state index contributed by atoms with van der Waals surface area (Å²) in [7, 11) is 0. The van der Waals surface area contributed by atoms with Crippen molar-refractivity contribution in [3.05, 3.63) is 77.6 Å². The van der Waals surface area contributed by atoms with Crippen LogP contribution in [0.1, 0.15) is 42.6 Å². The van der Waals surface area contributed by atoms with Crippen molar-refractivity contribution in [1.82, 2.24) is 10.2 Å². The number of carbonyl (C=O) groups is 3. The predicted molar refractivity (Wildman–Crippen MR) is 130 cm³/mol. The zero-order valence-electron chi connectivity index (χ0n) is 19.4. The van der Waals surface area contributed by atoms with E-state index in [-0.39, 0.29) is 36.6 Å². The quantitative estimate of drug-likeness (QED) is 0.484. The first-order chi connectivity index (χ1) is 16.4. The molecule has 34 heavy (non-hydrogen) atoms. The third kappa shape index (κ3) is 4.64. The summed E-state index contributed by atoms with van der Waals surface area (Å²) in [4.78, 5) is 42.4. The van der Waals surface area contributed by atoms with E-state index >= 15 is 0 Å². The molecule has 6 nitrogen and oxygen atoms in total. The molecule has 3 aromatic carbocycles. The summed E-state index contributed by atoms with van der Waals surface area (Å²) in [6.45, 7) is 4.16. The number of carbonyl (C=O) groups excluding carboxylic acids is 3. The summed E-state index contributed by atoms with van der Waals surface area (Å²) in [6, 6.07) is 16.2. The number of anilines is 1. The summed E-state index contributed by atoms with van der Waals surface area (Å²) < 4.78 is 13.4. The molecule has 1 aliphatic rings. The smallest absolute Gasteiger partial charge is 0.259 e. The number of nitrogens with one attached hydrogen (secondary N) is 1. The molecule has 0 fully saturated rings.